The smallest absolute Gasteiger partial charge is 0.224 e. The second-order valence-electron chi connectivity index (χ2n) is 5.07. The van der Waals surface area contributed by atoms with Gasteiger partial charge in [0.25, 0.3) is 0 Å². The number of para-hydroxylation sites is 2. The molecular weight excluding hydrogens is 268 g/mol. The maximum absolute atomic E-state index is 12.0. The molecule has 2 rings (SSSR count). The summed E-state index contributed by atoms with van der Waals surface area (Å²) >= 11 is 0. The van der Waals surface area contributed by atoms with E-state index < -0.39 is 0 Å². The number of ether oxygens (including phenoxy) is 1. The molecule has 1 aromatic heterocycles. The fraction of sp³-hybridized carbons (Fsp3) is 0.375. The second-order valence-corrected chi connectivity index (χ2v) is 5.07. The van der Waals surface area contributed by atoms with Crippen LogP contribution in [0.5, 0.6) is 5.75 Å². The molecule has 1 N–H and O–H groups in total. The highest BCUT2D eigenvalue weighted by Crippen LogP contribution is 2.25. The molecule has 112 valence electrons. The zero-order chi connectivity index (χ0) is 15.2. The van der Waals surface area contributed by atoms with Crippen molar-refractivity contribution in [1.29, 1.82) is 0 Å². The molecule has 21 heavy (non-hydrogen) atoms. The maximum atomic E-state index is 12.0. The van der Waals surface area contributed by atoms with E-state index in [0.29, 0.717) is 30.2 Å². The third-order valence-electron chi connectivity index (χ3n) is 2.80. The number of hydrogen-bond acceptors (Lipinski definition) is 4. The molecule has 0 radical (unpaired) electrons. The van der Waals surface area contributed by atoms with Crippen molar-refractivity contribution in [1.82, 2.24) is 4.98 Å². The Balaban J connectivity index is 1.93. The highest BCUT2D eigenvalue weighted by molar-refractivity contribution is 5.92. The SMILES string of the molecule is Cc1nc(CCC(=O)Nc2ccccc2OC(C)C)co1. The Morgan fingerprint density at radius 2 is 2.14 bits per heavy atom. The lowest BCUT2D eigenvalue weighted by Gasteiger charge is -2.14. The highest BCUT2D eigenvalue weighted by atomic mass is 16.5. The summed E-state index contributed by atoms with van der Waals surface area (Å²) in [5.41, 5.74) is 1.47. The Kier molecular flexibility index (Phi) is 4.98. The molecule has 0 saturated carbocycles. The first-order valence-corrected chi connectivity index (χ1v) is 7.01. The lowest BCUT2D eigenvalue weighted by Crippen LogP contribution is -2.14. The molecule has 0 aliphatic heterocycles. The Morgan fingerprint density at radius 3 is 2.81 bits per heavy atom. The summed E-state index contributed by atoms with van der Waals surface area (Å²) < 4.78 is 10.8. The summed E-state index contributed by atoms with van der Waals surface area (Å²) in [6, 6.07) is 7.42. The van der Waals surface area contributed by atoms with Gasteiger partial charge in [-0.1, -0.05) is 12.1 Å². The van der Waals surface area contributed by atoms with Gasteiger partial charge in [-0.05, 0) is 26.0 Å². The predicted octanol–water partition coefficient (Wildman–Crippen LogP) is 3.34. The van der Waals surface area contributed by atoms with Crippen molar-refractivity contribution in [2.75, 3.05) is 5.32 Å². The van der Waals surface area contributed by atoms with E-state index >= 15 is 0 Å². The molecule has 1 amide bonds. The van der Waals surface area contributed by atoms with Gasteiger partial charge in [0, 0.05) is 19.8 Å². The lowest BCUT2D eigenvalue weighted by molar-refractivity contribution is -0.116. The molecule has 2 aromatic rings. The number of carbonyl (C=O) groups excluding carboxylic acids is 1. The van der Waals surface area contributed by atoms with Crippen LogP contribution in [0.4, 0.5) is 5.69 Å². The molecule has 0 atom stereocenters. The van der Waals surface area contributed by atoms with E-state index in [-0.39, 0.29) is 12.0 Å². The number of aromatic nitrogens is 1. The van der Waals surface area contributed by atoms with Crippen LogP contribution in [0, 0.1) is 6.92 Å². The minimum atomic E-state index is -0.0736. The first kappa shape index (κ1) is 15.1. The summed E-state index contributed by atoms with van der Waals surface area (Å²) in [6.07, 6.45) is 2.54. The van der Waals surface area contributed by atoms with Gasteiger partial charge in [0.15, 0.2) is 5.89 Å². The van der Waals surface area contributed by atoms with Gasteiger partial charge in [0.2, 0.25) is 5.91 Å². The van der Waals surface area contributed by atoms with Gasteiger partial charge in [-0.15, -0.1) is 0 Å². The number of hydrogen-bond donors (Lipinski definition) is 1. The first-order chi connectivity index (χ1) is 10.0. The molecule has 0 saturated heterocycles. The van der Waals surface area contributed by atoms with Gasteiger partial charge in [0.1, 0.15) is 12.0 Å². The van der Waals surface area contributed by atoms with E-state index in [1.165, 1.54) is 0 Å². The van der Waals surface area contributed by atoms with Crippen LogP contribution in [0.15, 0.2) is 34.9 Å². The van der Waals surface area contributed by atoms with Gasteiger partial charge in [-0.25, -0.2) is 4.98 Å². The van der Waals surface area contributed by atoms with Crippen molar-refractivity contribution in [2.24, 2.45) is 0 Å². The molecular formula is C16H20N2O3. The van der Waals surface area contributed by atoms with E-state index in [4.69, 9.17) is 9.15 Å². The predicted molar refractivity (Wildman–Crippen MR) is 80.4 cm³/mol. The molecule has 0 fully saturated rings. The van der Waals surface area contributed by atoms with Crippen LogP contribution in [-0.4, -0.2) is 17.0 Å². The number of amides is 1. The molecule has 0 unspecified atom stereocenters. The summed E-state index contributed by atoms with van der Waals surface area (Å²) in [4.78, 5) is 16.2. The van der Waals surface area contributed by atoms with Gasteiger partial charge in [-0.3, -0.25) is 4.79 Å². The number of rotatable bonds is 6. The summed E-state index contributed by atoms with van der Waals surface area (Å²) in [6.45, 7) is 5.68. The third kappa shape index (κ3) is 4.63. The van der Waals surface area contributed by atoms with Crippen molar-refractivity contribution in [2.45, 2.75) is 39.7 Å². The third-order valence-corrected chi connectivity index (χ3v) is 2.80. The minimum Gasteiger partial charge on any atom is -0.489 e. The normalized spacial score (nSPS) is 10.7. The van der Waals surface area contributed by atoms with Gasteiger partial charge < -0.3 is 14.5 Å². The van der Waals surface area contributed by atoms with Crippen molar-refractivity contribution in [3.05, 3.63) is 42.1 Å². The van der Waals surface area contributed by atoms with Crippen LogP contribution in [-0.2, 0) is 11.2 Å². The Labute approximate surface area is 124 Å². The van der Waals surface area contributed by atoms with Crippen molar-refractivity contribution in [3.63, 3.8) is 0 Å². The molecule has 5 heteroatoms. The summed E-state index contributed by atoms with van der Waals surface area (Å²) in [7, 11) is 0. The van der Waals surface area contributed by atoms with Crippen molar-refractivity contribution >= 4 is 11.6 Å². The number of oxazole rings is 1. The molecule has 1 heterocycles. The molecule has 5 nitrogen and oxygen atoms in total. The van der Waals surface area contributed by atoms with Crippen LogP contribution in [0.1, 0.15) is 31.9 Å². The quantitative estimate of drug-likeness (QED) is 0.885. The fourth-order valence-electron chi connectivity index (χ4n) is 1.90. The van der Waals surface area contributed by atoms with Gasteiger partial charge in [0.05, 0.1) is 17.5 Å². The number of anilines is 1. The minimum absolute atomic E-state index is 0.0566. The molecule has 0 aliphatic carbocycles. The molecule has 0 spiro atoms. The first-order valence-electron chi connectivity index (χ1n) is 7.01. The van der Waals surface area contributed by atoms with Crippen LogP contribution < -0.4 is 10.1 Å². The maximum Gasteiger partial charge on any atom is 0.224 e. The number of nitrogens with zero attached hydrogens (tertiary/aromatic N) is 1. The average molecular weight is 288 g/mol. The Bertz CT molecular complexity index is 605. The zero-order valence-electron chi connectivity index (χ0n) is 12.6. The molecule has 1 aromatic carbocycles. The highest BCUT2D eigenvalue weighted by Gasteiger charge is 2.10. The van der Waals surface area contributed by atoms with E-state index in [9.17, 15) is 4.79 Å². The van der Waals surface area contributed by atoms with E-state index in [1.807, 2.05) is 38.1 Å². The number of carbonyl (C=O) groups is 1. The standard InChI is InChI=1S/C16H20N2O3/c1-11(2)21-15-7-5-4-6-14(15)18-16(19)9-8-13-10-20-12(3)17-13/h4-7,10-11H,8-9H2,1-3H3,(H,18,19). The number of benzene rings is 1. The largest absolute Gasteiger partial charge is 0.489 e. The van der Waals surface area contributed by atoms with Crippen LogP contribution in [0.2, 0.25) is 0 Å². The second kappa shape index (κ2) is 6.92. The van der Waals surface area contributed by atoms with Crippen LogP contribution in [0.25, 0.3) is 0 Å². The number of nitrogens with one attached hydrogen (secondary N) is 1. The Morgan fingerprint density at radius 1 is 1.38 bits per heavy atom. The van der Waals surface area contributed by atoms with Gasteiger partial charge >= 0.3 is 0 Å². The lowest BCUT2D eigenvalue weighted by atomic mass is 10.2. The topological polar surface area (TPSA) is 64.4 Å². The van der Waals surface area contributed by atoms with Crippen LogP contribution >= 0.6 is 0 Å². The molecule has 0 aliphatic rings. The van der Waals surface area contributed by atoms with Crippen LogP contribution in [0.3, 0.4) is 0 Å². The number of aryl methyl sites for hydroxylation is 2. The summed E-state index contributed by atoms with van der Waals surface area (Å²) in [5, 5.41) is 2.87. The fourth-order valence-corrected chi connectivity index (χ4v) is 1.90. The summed E-state index contributed by atoms with van der Waals surface area (Å²) in [5.74, 6) is 1.22. The van der Waals surface area contributed by atoms with Crippen molar-refractivity contribution in [3.8, 4) is 5.75 Å². The van der Waals surface area contributed by atoms with E-state index in [2.05, 4.69) is 10.3 Å². The Hall–Kier alpha value is -2.30. The monoisotopic (exact) mass is 288 g/mol. The van der Waals surface area contributed by atoms with E-state index in [0.717, 1.165) is 5.69 Å². The van der Waals surface area contributed by atoms with Crippen molar-refractivity contribution < 1.29 is 13.9 Å². The van der Waals surface area contributed by atoms with E-state index in [1.54, 1.807) is 13.2 Å². The molecule has 0 bridgehead atoms. The van der Waals surface area contributed by atoms with Gasteiger partial charge in [-0.2, -0.15) is 0 Å². The average Bonchev–Trinajstić information content (AvgIpc) is 2.84. The zero-order valence-corrected chi connectivity index (χ0v) is 12.6.